The van der Waals surface area contributed by atoms with Gasteiger partial charge in [-0.2, -0.15) is 0 Å². The first-order valence-electron chi connectivity index (χ1n) is 6.66. The molecule has 108 valence electrons. The van der Waals surface area contributed by atoms with Gasteiger partial charge in [0, 0.05) is 18.9 Å². The lowest BCUT2D eigenvalue weighted by Gasteiger charge is -2.15. The second kappa shape index (κ2) is 7.50. The fourth-order valence-corrected chi connectivity index (χ4v) is 2.18. The van der Waals surface area contributed by atoms with Crippen LogP contribution in [-0.4, -0.2) is 15.9 Å². The quantitative estimate of drug-likeness (QED) is 0.799. The summed E-state index contributed by atoms with van der Waals surface area (Å²) in [4.78, 5) is 16.5. The van der Waals surface area contributed by atoms with Gasteiger partial charge in [0.15, 0.2) is 0 Å². The molecule has 1 unspecified atom stereocenters. The van der Waals surface area contributed by atoms with Crippen LogP contribution < -0.4 is 11.1 Å². The molecule has 2 aromatic rings. The van der Waals surface area contributed by atoms with E-state index in [4.69, 9.17) is 18.0 Å². The van der Waals surface area contributed by atoms with Crippen molar-refractivity contribution in [2.75, 3.05) is 0 Å². The number of carbonyl (C=O) groups excluding carboxylic acids is 1. The molecule has 4 nitrogen and oxygen atoms in total. The maximum atomic E-state index is 12.3. The predicted molar refractivity (Wildman–Crippen MR) is 86.5 cm³/mol. The summed E-state index contributed by atoms with van der Waals surface area (Å²) in [6, 6.07) is 13.4. The number of thiocarbonyl (C=S) groups is 1. The van der Waals surface area contributed by atoms with Crippen molar-refractivity contribution in [3.63, 3.8) is 0 Å². The Kier molecular flexibility index (Phi) is 5.40. The third-order valence-corrected chi connectivity index (χ3v) is 3.42. The highest BCUT2D eigenvalue weighted by atomic mass is 32.1. The lowest BCUT2D eigenvalue weighted by atomic mass is 9.98. The van der Waals surface area contributed by atoms with E-state index in [1.54, 1.807) is 12.4 Å². The highest BCUT2D eigenvalue weighted by Crippen LogP contribution is 2.10. The van der Waals surface area contributed by atoms with Crippen LogP contribution in [0.2, 0.25) is 0 Å². The zero-order valence-electron chi connectivity index (χ0n) is 11.5. The van der Waals surface area contributed by atoms with Gasteiger partial charge in [-0.25, -0.2) is 0 Å². The molecule has 0 fully saturated rings. The van der Waals surface area contributed by atoms with Crippen LogP contribution in [0.4, 0.5) is 0 Å². The summed E-state index contributed by atoms with van der Waals surface area (Å²) in [5, 5.41) is 2.85. The number of rotatable bonds is 6. The van der Waals surface area contributed by atoms with Gasteiger partial charge in [0.05, 0.1) is 10.9 Å². The van der Waals surface area contributed by atoms with Crippen molar-refractivity contribution in [3.8, 4) is 0 Å². The van der Waals surface area contributed by atoms with Gasteiger partial charge in [-0.3, -0.25) is 9.78 Å². The fourth-order valence-electron chi connectivity index (χ4n) is 1.99. The van der Waals surface area contributed by atoms with Gasteiger partial charge in [-0.15, -0.1) is 0 Å². The summed E-state index contributed by atoms with van der Waals surface area (Å²) in [5.41, 5.74) is 7.68. The van der Waals surface area contributed by atoms with Crippen LogP contribution in [0.1, 0.15) is 11.1 Å². The molecule has 0 spiro atoms. The summed E-state index contributed by atoms with van der Waals surface area (Å²) in [6.45, 7) is 0.417. The molecule has 21 heavy (non-hydrogen) atoms. The highest BCUT2D eigenvalue weighted by Gasteiger charge is 2.21. The largest absolute Gasteiger partial charge is 0.393 e. The first kappa shape index (κ1) is 15.1. The minimum atomic E-state index is -0.501. The first-order chi connectivity index (χ1) is 10.2. The minimum Gasteiger partial charge on any atom is -0.393 e. The lowest BCUT2D eigenvalue weighted by Crippen LogP contribution is -2.38. The summed E-state index contributed by atoms with van der Waals surface area (Å²) in [7, 11) is 0. The monoisotopic (exact) mass is 299 g/mol. The Morgan fingerprint density at radius 1 is 1.19 bits per heavy atom. The topological polar surface area (TPSA) is 68.0 Å². The second-order valence-electron chi connectivity index (χ2n) is 4.72. The summed E-state index contributed by atoms with van der Waals surface area (Å²) in [6.07, 6.45) is 3.92. The minimum absolute atomic E-state index is 0.157. The number of hydrogen-bond acceptors (Lipinski definition) is 3. The van der Waals surface area contributed by atoms with Crippen LogP contribution in [0.15, 0.2) is 54.9 Å². The number of nitrogens with one attached hydrogen (secondary N) is 1. The van der Waals surface area contributed by atoms with Crippen LogP contribution in [-0.2, 0) is 17.8 Å². The summed E-state index contributed by atoms with van der Waals surface area (Å²) < 4.78 is 0. The molecule has 5 heteroatoms. The van der Waals surface area contributed by atoms with E-state index in [0.29, 0.717) is 13.0 Å². The Bertz CT molecular complexity index is 601. The first-order valence-corrected chi connectivity index (χ1v) is 7.07. The SMILES string of the molecule is NC(=S)C(Cc1ccccc1)C(=O)NCc1cccnc1. The molecule has 0 aliphatic rings. The maximum Gasteiger partial charge on any atom is 0.230 e. The standard InChI is InChI=1S/C16H17N3OS/c17-15(21)14(9-12-5-2-1-3-6-12)16(20)19-11-13-7-4-8-18-10-13/h1-8,10,14H,9,11H2,(H2,17,21)(H,19,20). The van der Waals surface area contributed by atoms with E-state index in [9.17, 15) is 4.79 Å². The Labute approximate surface area is 129 Å². The molecule has 1 heterocycles. The fraction of sp³-hybridized carbons (Fsp3) is 0.188. The van der Waals surface area contributed by atoms with Crippen molar-refractivity contribution in [3.05, 3.63) is 66.0 Å². The number of benzene rings is 1. The molecule has 2 rings (SSSR count). The third-order valence-electron chi connectivity index (χ3n) is 3.13. The van der Waals surface area contributed by atoms with Gasteiger partial charge in [-0.05, 0) is 23.6 Å². The van der Waals surface area contributed by atoms with Crippen molar-refractivity contribution >= 4 is 23.1 Å². The number of hydrogen-bond donors (Lipinski definition) is 2. The molecule has 1 atom stereocenters. The lowest BCUT2D eigenvalue weighted by molar-refractivity contribution is -0.123. The number of carbonyl (C=O) groups is 1. The average Bonchev–Trinajstić information content (AvgIpc) is 2.52. The molecule has 0 saturated heterocycles. The van der Waals surface area contributed by atoms with E-state index in [-0.39, 0.29) is 10.9 Å². The van der Waals surface area contributed by atoms with Gasteiger partial charge in [0.1, 0.15) is 0 Å². The van der Waals surface area contributed by atoms with Gasteiger partial charge < -0.3 is 11.1 Å². The van der Waals surface area contributed by atoms with Gasteiger partial charge in [0.25, 0.3) is 0 Å². The van der Waals surface area contributed by atoms with E-state index in [1.807, 2.05) is 42.5 Å². The Balaban J connectivity index is 1.98. The summed E-state index contributed by atoms with van der Waals surface area (Å²) in [5.74, 6) is -0.658. The third kappa shape index (κ3) is 4.65. The molecule has 0 radical (unpaired) electrons. The maximum absolute atomic E-state index is 12.3. The number of amides is 1. The molecule has 0 saturated carbocycles. The average molecular weight is 299 g/mol. The van der Waals surface area contributed by atoms with Gasteiger partial charge in [-0.1, -0.05) is 48.6 Å². The molecule has 1 amide bonds. The van der Waals surface area contributed by atoms with Crippen molar-refractivity contribution in [1.82, 2.24) is 10.3 Å². The van der Waals surface area contributed by atoms with Crippen LogP contribution in [0, 0.1) is 5.92 Å². The van der Waals surface area contributed by atoms with E-state index in [2.05, 4.69) is 10.3 Å². The molecular weight excluding hydrogens is 282 g/mol. The zero-order valence-corrected chi connectivity index (χ0v) is 12.3. The molecule has 3 N–H and O–H groups in total. The molecule has 0 bridgehead atoms. The normalized spacial score (nSPS) is 11.6. The van der Waals surface area contributed by atoms with Crippen molar-refractivity contribution < 1.29 is 4.79 Å². The van der Waals surface area contributed by atoms with Gasteiger partial charge >= 0.3 is 0 Å². The van der Waals surface area contributed by atoms with Crippen LogP contribution >= 0.6 is 12.2 Å². The molecule has 1 aromatic heterocycles. The van der Waals surface area contributed by atoms with E-state index in [0.717, 1.165) is 11.1 Å². The Morgan fingerprint density at radius 2 is 1.90 bits per heavy atom. The molecular formula is C16H17N3OS. The van der Waals surface area contributed by atoms with Crippen LogP contribution in [0.3, 0.4) is 0 Å². The highest BCUT2D eigenvalue weighted by molar-refractivity contribution is 7.80. The van der Waals surface area contributed by atoms with E-state index < -0.39 is 5.92 Å². The Morgan fingerprint density at radius 3 is 2.52 bits per heavy atom. The summed E-state index contributed by atoms with van der Waals surface area (Å²) >= 11 is 5.03. The van der Waals surface area contributed by atoms with E-state index >= 15 is 0 Å². The number of pyridine rings is 1. The smallest absolute Gasteiger partial charge is 0.230 e. The molecule has 0 aliphatic carbocycles. The van der Waals surface area contributed by atoms with Gasteiger partial charge in [0.2, 0.25) is 5.91 Å². The van der Waals surface area contributed by atoms with Crippen molar-refractivity contribution in [2.45, 2.75) is 13.0 Å². The van der Waals surface area contributed by atoms with E-state index in [1.165, 1.54) is 0 Å². The van der Waals surface area contributed by atoms with Crippen LogP contribution in [0.25, 0.3) is 0 Å². The second-order valence-corrected chi connectivity index (χ2v) is 5.20. The molecule has 1 aromatic carbocycles. The van der Waals surface area contributed by atoms with Crippen molar-refractivity contribution in [1.29, 1.82) is 0 Å². The molecule has 0 aliphatic heterocycles. The number of nitrogens with zero attached hydrogens (tertiary/aromatic N) is 1. The zero-order chi connectivity index (χ0) is 15.1. The number of aromatic nitrogens is 1. The number of nitrogens with two attached hydrogens (primary N) is 1. The van der Waals surface area contributed by atoms with Crippen LogP contribution in [0.5, 0.6) is 0 Å². The van der Waals surface area contributed by atoms with Crippen molar-refractivity contribution in [2.24, 2.45) is 11.7 Å². The Hall–Kier alpha value is -2.27. The predicted octanol–water partition coefficient (Wildman–Crippen LogP) is 1.84.